The van der Waals surface area contributed by atoms with Gasteiger partial charge in [0.05, 0.1) is 0 Å². The Balaban J connectivity index is 2.90. The van der Waals surface area contributed by atoms with Gasteiger partial charge in [-0.15, -0.1) is 11.3 Å². The standard InChI is InChI=1S/C5H3F3S/c6-5(7,8)4-2-1-3-9-4/h1-3H. The molecule has 4 heteroatoms. The van der Waals surface area contributed by atoms with E-state index in [1.165, 1.54) is 11.4 Å². The van der Waals surface area contributed by atoms with Crippen LogP contribution in [0.3, 0.4) is 0 Å². The van der Waals surface area contributed by atoms with Crippen molar-refractivity contribution in [3.8, 4) is 0 Å². The first-order valence-corrected chi connectivity index (χ1v) is 3.09. The molecule has 0 atom stereocenters. The molecule has 1 heterocycles. The molecule has 50 valence electrons. The Morgan fingerprint density at radius 1 is 1.33 bits per heavy atom. The number of rotatable bonds is 0. The molecular formula is C5H3F3S. The third-order valence-electron chi connectivity index (χ3n) is 0.801. The highest BCUT2D eigenvalue weighted by atomic mass is 32.1. The number of hydrogen-bond donors (Lipinski definition) is 0. The van der Waals surface area contributed by atoms with Crippen LogP contribution in [-0.4, -0.2) is 0 Å². The molecule has 0 aliphatic heterocycles. The zero-order chi connectivity index (χ0) is 6.91. The Labute approximate surface area is 53.9 Å². The molecule has 1 rings (SSSR count). The number of hydrogen-bond acceptors (Lipinski definition) is 1. The summed E-state index contributed by atoms with van der Waals surface area (Å²) in [7, 11) is 0. The maximum atomic E-state index is 11.6. The van der Waals surface area contributed by atoms with Gasteiger partial charge in [0.1, 0.15) is 4.88 Å². The van der Waals surface area contributed by atoms with E-state index in [2.05, 4.69) is 0 Å². The van der Waals surface area contributed by atoms with Crippen molar-refractivity contribution in [1.82, 2.24) is 0 Å². The first kappa shape index (κ1) is 6.61. The Kier molecular flexibility index (Phi) is 1.48. The summed E-state index contributed by atoms with van der Waals surface area (Å²) in [6.45, 7) is 0. The van der Waals surface area contributed by atoms with Gasteiger partial charge in [0.25, 0.3) is 0 Å². The van der Waals surface area contributed by atoms with Crippen LogP contribution in [0.25, 0.3) is 0 Å². The monoisotopic (exact) mass is 152 g/mol. The summed E-state index contributed by atoms with van der Waals surface area (Å²) in [4.78, 5) is -0.539. The lowest BCUT2D eigenvalue weighted by Gasteiger charge is -1.99. The molecule has 0 bridgehead atoms. The fourth-order valence-electron chi connectivity index (χ4n) is 0.440. The molecule has 0 fully saturated rings. The van der Waals surface area contributed by atoms with E-state index < -0.39 is 11.1 Å². The van der Waals surface area contributed by atoms with Gasteiger partial charge in [0.2, 0.25) is 0 Å². The lowest BCUT2D eigenvalue weighted by Crippen LogP contribution is -2.00. The van der Waals surface area contributed by atoms with E-state index in [1.54, 1.807) is 0 Å². The Hall–Kier alpha value is -0.510. The summed E-state index contributed by atoms with van der Waals surface area (Å²) in [5.41, 5.74) is 0. The number of halogens is 3. The summed E-state index contributed by atoms with van der Waals surface area (Å²) < 4.78 is 34.9. The van der Waals surface area contributed by atoms with Gasteiger partial charge < -0.3 is 0 Å². The molecule has 1 aromatic heterocycles. The van der Waals surface area contributed by atoms with E-state index in [-0.39, 0.29) is 0 Å². The fraction of sp³-hybridized carbons (Fsp3) is 0.200. The quantitative estimate of drug-likeness (QED) is 0.536. The molecule has 0 spiro atoms. The van der Waals surface area contributed by atoms with Gasteiger partial charge in [-0.25, -0.2) is 0 Å². The Bertz CT molecular complexity index is 175. The number of thiophene rings is 1. The Morgan fingerprint density at radius 2 is 2.00 bits per heavy atom. The van der Waals surface area contributed by atoms with Gasteiger partial charge in [-0.2, -0.15) is 13.2 Å². The van der Waals surface area contributed by atoms with Crippen LogP contribution in [0.5, 0.6) is 0 Å². The molecule has 9 heavy (non-hydrogen) atoms. The SMILES string of the molecule is FC(F)(F)c1cccs1. The van der Waals surface area contributed by atoms with E-state index in [9.17, 15) is 13.2 Å². The predicted octanol–water partition coefficient (Wildman–Crippen LogP) is 2.77. The van der Waals surface area contributed by atoms with Gasteiger partial charge in [0.15, 0.2) is 0 Å². The van der Waals surface area contributed by atoms with E-state index in [0.29, 0.717) is 11.3 Å². The summed E-state index contributed by atoms with van der Waals surface area (Å²) in [6, 6.07) is 2.44. The lowest BCUT2D eigenvalue weighted by molar-refractivity contribution is -0.134. The average Bonchev–Trinajstić information content (AvgIpc) is 2.08. The van der Waals surface area contributed by atoms with Crippen molar-refractivity contribution in [2.24, 2.45) is 0 Å². The molecular weight excluding hydrogens is 149 g/mol. The topological polar surface area (TPSA) is 0 Å². The lowest BCUT2D eigenvalue weighted by atomic mass is 10.5. The molecule has 0 saturated heterocycles. The molecule has 0 aliphatic carbocycles. The summed E-state index contributed by atoms with van der Waals surface area (Å²) in [5.74, 6) is 0. The van der Waals surface area contributed by atoms with Crippen molar-refractivity contribution in [3.05, 3.63) is 22.4 Å². The van der Waals surface area contributed by atoms with Crippen LogP contribution in [0.15, 0.2) is 17.5 Å². The molecule has 0 aliphatic rings. The highest BCUT2D eigenvalue weighted by molar-refractivity contribution is 7.10. The zero-order valence-electron chi connectivity index (χ0n) is 4.27. The molecule has 0 unspecified atom stereocenters. The molecule has 0 saturated carbocycles. The molecule has 0 radical (unpaired) electrons. The van der Waals surface area contributed by atoms with Crippen LogP contribution in [0.4, 0.5) is 13.2 Å². The summed E-state index contributed by atoms with van der Waals surface area (Å²) in [6.07, 6.45) is -4.16. The summed E-state index contributed by atoms with van der Waals surface area (Å²) >= 11 is 0.705. The zero-order valence-corrected chi connectivity index (χ0v) is 5.09. The molecule has 0 amide bonds. The smallest absolute Gasteiger partial charge is 0.165 e. The predicted molar refractivity (Wildman–Crippen MR) is 29.3 cm³/mol. The maximum Gasteiger partial charge on any atom is 0.425 e. The highest BCUT2D eigenvalue weighted by Crippen LogP contribution is 2.32. The minimum atomic E-state index is -4.16. The second-order valence-electron chi connectivity index (χ2n) is 1.48. The van der Waals surface area contributed by atoms with Crippen molar-refractivity contribution in [3.63, 3.8) is 0 Å². The van der Waals surface area contributed by atoms with E-state index in [4.69, 9.17) is 0 Å². The normalized spacial score (nSPS) is 11.9. The summed E-state index contributed by atoms with van der Waals surface area (Å²) in [5, 5.41) is 1.41. The van der Waals surface area contributed by atoms with Crippen molar-refractivity contribution in [2.45, 2.75) is 6.18 Å². The Morgan fingerprint density at radius 3 is 2.22 bits per heavy atom. The van der Waals surface area contributed by atoms with Gasteiger partial charge in [-0.1, -0.05) is 6.07 Å². The molecule has 0 N–H and O–H groups in total. The van der Waals surface area contributed by atoms with Crippen LogP contribution < -0.4 is 0 Å². The second kappa shape index (κ2) is 2.02. The molecule has 0 nitrogen and oxygen atoms in total. The van der Waals surface area contributed by atoms with Gasteiger partial charge in [-0.3, -0.25) is 0 Å². The minimum absolute atomic E-state index is 0.539. The van der Waals surface area contributed by atoms with Crippen LogP contribution >= 0.6 is 11.3 Å². The molecule has 1 aromatic rings. The maximum absolute atomic E-state index is 11.6. The first-order valence-electron chi connectivity index (χ1n) is 2.21. The van der Waals surface area contributed by atoms with Crippen LogP contribution in [0.1, 0.15) is 4.88 Å². The van der Waals surface area contributed by atoms with E-state index >= 15 is 0 Å². The highest BCUT2D eigenvalue weighted by Gasteiger charge is 2.31. The fourth-order valence-corrected chi connectivity index (χ4v) is 1.03. The van der Waals surface area contributed by atoms with Crippen molar-refractivity contribution in [1.29, 1.82) is 0 Å². The van der Waals surface area contributed by atoms with Crippen molar-refractivity contribution >= 4 is 11.3 Å². The van der Waals surface area contributed by atoms with Crippen molar-refractivity contribution < 1.29 is 13.2 Å². The second-order valence-corrected chi connectivity index (χ2v) is 2.42. The van der Waals surface area contributed by atoms with Crippen molar-refractivity contribution in [2.75, 3.05) is 0 Å². The van der Waals surface area contributed by atoms with E-state index in [0.717, 1.165) is 6.07 Å². The van der Waals surface area contributed by atoms with Crippen LogP contribution in [-0.2, 0) is 6.18 Å². The van der Waals surface area contributed by atoms with Gasteiger partial charge >= 0.3 is 6.18 Å². The number of alkyl halides is 3. The van der Waals surface area contributed by atoms with Crippen LogP contribution in [0.2, 0.25) is 0 Å². The minimum Gasteiger partial charge on any atom is -0.165 e. The van der Waals surface area contributed by atoms with Crippen LogP contribution in [0, 0.1) is 0 Å². The van der Waals surface area contributed by atoms with E-state index in [1.807, 2.05) is 0 Å². The van der Waals surface area contributed by atoms with Gasteiger partial charge in [0, 0.05) is 0 Å². The third kappa shape index (κ3) is 1.45. The largest absolute Gasteiger partial charge is 0.425 e. The first-order chi connectivity index (χ1) is 4.11. The molecule has 0 aromatic carbocycles. The average molecular weight is 152 g/mol. The third-order valence-corrected chi connectivity index (χ3v) is 1.72. The van der Waals surface area contributed by atoms with Gasteiger partial charge in [-0.05, 0) is 11.4 Å².